The molecule has 0 unspecified atom stereocenters. The number of pyridine rings is 1. The van der Waals surface area contributed by atoms with E-state index in [2.05, 4.69) is 9.97 Å². The highest BCUT2D eigenvalue weighted by Crippen LogP contribution is 2.23. The van der Waals surface area contributed by atoms with Crippen molar-refractivity contribution >= 4 is 17.1 Å². The number of nitrogen functional groups attached to an aromatic ring is 1. The Bertz CT molecular complexity index is 533. The standard InChI is InChI=1S/C11H13F3N4/c12-11(13,14)5-1-2-7-18-9-8(17-10(18)15)4-3-6-16-9/h3-4,6H,1-2,5,7H2,(H2,15,17). The smallest absolute Gasteiger partial charge is 0.369 e. The van der Waals surface area contributed by atoms with Gasteiger partial charge in [-0.2, -0.15) is 13.2 Å². The molecule has 2 aromatic heterocycles. The predicted molar refractivity (Wildman–Crippen MR) is 61.8 cm³/mol. The number of unbranched alkanes of at least 4 members (excludes halogenated alkanes) is 1. The Morgan fingerprint density at radius 2 is 2.06 bits per heavy atom. The van der Waals surface area contributed by atoms with Gasteiger partial charge < -0.3 is 5.73 Å². The SMILES string of the molecule is Nc1nc2cccnc2n1CCCCC(F)(F)F. The van der Waals surface area contributed by atoms with Gasteiger partial charge in [0.2, 0.25) is 5.95 Å². The van der Waals surface area contributed by atoms with Crippen molar-refractivity contribution in [2.75, 3.05) is 5.73 Å². The van der Waals surface area contributed by atoms with E-state index in [1.807, 2.05) is 0 Å². The monoisotopic (exact) mass is 258 g/mol. The molecule has 0 spiro atoms. The highest BCUT2D eigenvalue weighted by atomic mass is 19.4. The molecular formula is C11H13F3N4. The fraction of sp³-hybridized carbons (Fsp3) is 0.455. The molecule has 0 aliphatic carbocycles. The lowest BCUT2D eigenvalue weighted by Gasteiger charge is -2.07. The normalized spacial score (nSPS) is 12.2. The van der Waals surface area contributed by atoms with Crippen LogP contribution in [0.5, 0.6) is 0 Å². The predicted octanol–water partition coefficient (Wildman–Crippen LogP) is 2.75. The first-order valence-electron chi connectivity index (χ1n) is 5.61. The van der Waals surface area contributed by atoms with Gasteiger partial charge in [-0.05, 0) is 25.0 Å². The van der Waals surface area contributed by atoms with Crippen LogP contribution in [0.3, 0.4) is 0 Å². The van der Waals surface area contributed by atoms with Gasteiger partial charge in [0.1, 0.15) is 5.52 Å². The van der Waals surface area contributed by atoms with Crippen LogP contribution in [0.2, 0.25) is 0 Å². The lowest BCUT2D eigenvalue weighted by Crippen LogP contribution is -2.08. The molecule has 98 valence electrons. The number of rotatable bonds is 4. The second kappa shape index (κ2) is 4.83. The molecule has 0 aromatic carbocycles. The molecule has 0 radical (unpaired) electrons. The van der Waals surface area contributed by atoms with Crippen molar-refractivity contribution in [3.8, 4) is 0 Å². The Balaban J connectivity index is 2.01. The first-order chi connectivity index (χ1) is 8.47. The number of fused-ring (bicyclic) bond motifs is 1. The molecule has 0 aliphatic rings. The van der Waals surface area contributed by atoms with Crippen molar-refractivity contribution in [2.45, 2.75) is 32.0 Å². The average Bonchev–Trinajstić information content (AvgIpc) is 2.59. The Labute approximate surface area is 102 Å². The molecule has 18 heavy (non-hydrogen) atoms. The number of anilines is 1. The van der Waals surface area contributed by atoms with Crippen LogP contribution in [-0.4, -0.2) is 20.7 Å². The Kier molecular flexibility index (Phi) is 3.40. The summed E-state index contributed by atoms with van der Waals surface area (Å²) >= 11 is 0. The van der Waals surface area contributed by atoms with E-state index >= 15 is 0 Å². The van der Waals surface area contributed by atoms with Crippen molar-refractivity contribution in [1.29, 1.82) is 0 Å². The topological polar surface area (TPSA) is 56.7 Å². The highest BCUT2D eigenvalue weighted by Gasteiger charge is 2.25. The zero-order chi connectivity index (χ0) is 13.2. The minimum Gasteiger partial charge on any atom is -0.369 e. The van der Waals surface area contributed by atoms with E-state index in [4.69, 9.17) is 5.73 Å². The molecule has 0 amide bonds. The number of aromatic nitrogens is 3. The van der Waals surface area contributed by atoms with Crippen molar-refractivity contribution in [2.24, 2.45) is 0 Å². The fourth-order valence-corrected chi connectivity index (χ4v) is 1.79. The maximum Gasteiger partial charge on any atom is 0.389 e. The molecule has 0 saturated heterocycles. The molecule has 2 heterocycles. The second-order valence-corrected chi connectivity index (χ2v) is 4.04. The Morgan fingerprint density at radius 1 is 1.28 bits per heavy atom. The number of hydrogen-bond acceptors (Lipinski definition) is 3. The zero-order valence-electron chi connectivity index (χ0n) is 9.61. The van der Waals surface area contributed by atoms with Crippen LogP contribution >= 0.6 is 0 Å². The molecular weight excluding hydrogens is 245 g/mol. The van der Waals surface area contributed by atoms with E-state index in [0.29, 0.717) is 24.1 Å². The van der Waals surface area contributed by atoms with Crippen LogP contribution in [0.25, 0.3) is 11.2 Å². The third-order valence-electron chi connectivity index (χ3n) is 2.63. The third kappa shape index (κ3) is 2.91. The van der Waals surface area contributed by atoms with E-state index in [9.17, 15) is 13.2 Å². The van der Waals surface area contributed by atoms with Gasteiger partial charge >= 0.3 is 6.18 Å². The average molecular weight is 258 g/mol. The van der Waals surface area contributed by atoms with Gasteiger partial charge in [0.15, 0.2) is 5.65 Å². The van der Waals surface area contributed by atoms with E-state index in [-0.39, 0.29) is 12.4 Å². The molecule has 4 nitrogen and oxygen atoms in total. The molecule has 0 bridgehead atoms. The summed E-state index contributed by atoms with van der Waals surface area (Å²) in [5.41, 5.74) is 6.98. The van der Waals surface area contributed by atoms with Crippen molar-refractivity contribution in [3.05, 3.63) is 18.3 Å². The molecule has 2 rings (SSSR count). The third-order valence-corrected chi connectivity index (χ3v) is 2.63. The number of imidazole rings is 1. The largest absolute Gasteiger partial charge is 0.389 e. The Morgan fingerprint density at radius 3 is 2.78 bits per heavy atom. The van der Waals surface area contributed by atoms with E-state index in [0.717, 1.165) is 0 Å². The van der Waals surface area contributed by atoms with E-state index in [1.165, 1.54) is 0 Å². The summed E-state index contributed by atoms with van der Waals surface area (Å²) in [5.74, 6) is 0.288. The van der Waals surface area contributed by atoms with Gasteiger partial charge in [-0.1, -0.05) is 0 Å². The number of alkyl halides is 3. The van der Waals surface area contributed by atoms with E-state index < -0.39 is 12.6 Å². The number of aryl methyl sites for hydroxylation is 1. The van der Waals surface area contributed by atoms with Crippen LogP contribution in [-0.2, 0) is 6.54 Å². The summed E-state index contributed by atoms with van der Waals surface area (Å²) in [6.07, 6.45) is -2.79. The van der Waals surface area contributed by atoms with Gasteiger partial charge in [0.05, 0.1) is 0 Å². The lowest BCUT2D eigenvalue weighted by molar-refractivity contribution is -0.135. The second-order valence-electron chi connectivity index (χ2n) is 4.04. The van der Waals surface area contributed by atoms with Gasteiger partial charge in [0, 0.05) is 19.2 Å². The summed E-state index contributed by atoms with van der Waals surface area (Å²) in [4.78, 5) is 8.22. The van der Waals surface area contributed by atoms with Gasteiger partial charge in [-0.15, -0.1) is 0 Å². The molecule has 0 fully saturated rings. The zero-order valence-corrected chi connectivity index (χ0v) is 9.61. The van der Waals surface area contributed by atoms with Crippen LogP contribution in [0.4, 0.5) is 19.1 Å². The van der Waals surface area contributed by atoms with Crippen LogP contribution in [0.15, 0.2) is 18.3 Å². The molecule has 0 saturated carbocycles. The van der Waals surface area contributed by atoms with Crippen molar-refractivity contribution in [1.82, 2.24) is 14.5 Å². The van der Waals surface area contributed by atoms with Gasteiger partial charge in [0.25, 0.3) is 0 Å². The lowest BCUT2D eigenvalue weighted by atomic mass is 10.2. The minimum atomic E-state index is -4.10. The minimum absolute atomic E-state index is 0.0788. The quantitative estimate of drug-likeness (QED) is 0.858. The fourth-order valence-electron chi connectivity index (χ4n) is 1.79. The Hall–Kier alpha value is -1.79. The summed E-state index contributed by atoms with van der Waals surface area (Å²) in [6, 6.07) is 3.51. The molecule has 7 heteroatoms. The summed E-state index contributed by atoms with van der Waals surface area (Å²) < 4.78 is 37.6. The first kappa shape index (κ1) is 12.7. The number of nitrogens with two attached hydrogens (primary N) is 1. The number of hydrogen-bond donors (Lipinski definition) is 1. The van der Waals surface area contributed by atoms with E-state index in [1.54, 1.807) is 22.9 Å². The van der Waals surface area contributed by atoms with Gasteiger partial charge in [-0.3, -0.25) is 4.57 Å². The maximum atomic E-state index is 12.0. The highest BCUT2D eigenvalue weighted by molar-refractivity contribution is 5.73. The van der Waals surface area contributed by atoms with Crippen LogP contribution in [0, 0.1) is 0 Å². The van der Waals surface area contributed by atoms with Crippen LogP contribution < -0.4 is 5.73 Å². The molecule has 2 aromatic rings. The molecule has 2 N–H and O–H groups in total. The number of halogens is 3. The van der Waals surface area contributed by atoms with Crippen molar-refractivity contribution < 1.29 is 13.2 Å². The summed E-state index contributed by atoms with van der Waals surface area (Å²) in [5, 5.41) is 0. The maximum absolute atomic E-state index is 12.0. The summed E-state index contributed by atoms with van der Waals surface area (Å²) in [7, 11) is 0. The first-order valence-corrected chi connectivity index (χ1v) is 5.61. The molecule has 0 atom stereocenters. The van der Waals surface area contributed by atoms with Crippen molar-refractivity contribution in [3.63, 3.8) is 0 Å². The summed E-state index contributed by atoms with van der Waals surface area (Å²) in [6.45, 7) is 0.398. The van der Waals surface area contributed by atoms with Gasteiger partial charge in [-0.25, -0.2) is 9.97 Å². The molecule has 0 aliphatic heterocycles. The number of nitrogens with zero attached hydrogens (tertiary/aromatic N) is 3. The van der Waals surface area contributed by atoms with Crippen LogP contribution in [0.1, 0.15) is 19.3 Å².